The van der Waals surface area contributed by atoms with Crippen LogP contribution in [0.1, 0.15) is 32.1 Å². The fourth-order valence-electron chi connectivity index (χ4n) is 3.70. The second-order valence-corrected chi connectivity index (χ2v) is 6.40. The van der Waals surface area contributed by atoms with Gasteiger partial charge >= 0.3 is 18.2 Å². The minimum absolute atomic E-state index is 0.0434. The number of urea groups is 1. The summed E-state index contributed by atoms with van der Waals surface area (Å²) >= 11 is 0. The molecule has 0 aromatic heterocycles. The fourth-order valence-corrected chi connectivity index (χ4v) is 3.70. The largest absolute Gasteiger partial charge is 0.468 e. The first kappa shape index (κ1) is 19.5. The van der Waals surface area contributed by atoms with Gasteiger partial charge in [-0.1, -0.05) is 12.8 Å². The molecule has 10 heteroatoms. The molecule has 1 heterocycles. The summed E-state index contributed by atoms with van der Waals surface area (Å²) in [5.41, 5.74) is 0. The third kappa shape index (κ3) is 5.32. The van der Waals surface area contributed by atoms with Crippen LogP contribution in [-0.4, -0.2) is 61.3 Å². The van der Waals surface area contributed by atoms with Crippen LogP contribution in [0, 0.1) is 5.92 Å². The smallest absolute Gasteiger partial charge is 0.405 e. The molecule has 2 N–H and O–H groups in total. The molecular weight excluding hydrogens is 343 g/mol. The van der Waals surface area contributed by atoms with Gasteiger partial charge in [0.05, 0.1) is 13.7 Å². The number of imide groups is 1. The van der Waals surface area contributed by atoms with Gasteiger partial charge in [-0.25, -0.2) is 4.79 Å². The lowest BCUT2D eigenvalue weighted by Crippen LogP contribution is -2.51. The van der Waals surface area contributed by atoms with Crippen molar-refractivity contribution >= 4 is 17.9 Å². The summed E-state index contributed by atoms with van der Waals surface area (Å²) in [5, 5.41) is 3.44. The van der Waals surface area contributed by atoms with Gasteiger partial charge in [0.15, 0.2) is 0 Å². The number of carbonyl (C=O) groups excluding carboxylic acids is 3. The van der Waals surface area contributed by atoms with E-state index in [9.17, 15) is 27.6 Å². The average molecular weight is 365 g/mol. The van der Waals surface area contributed by atoms with Gasteiger partial charge in [0.25, 0.3) is 0 Å². The highest BCUT2D eigenvalue weighted by Crippen LogP contribution is 2.39. The van der Waals surface area contributed by atoms with Gasteiger partial charge in [0, 0.05) is 6.04 Å². The lowest BCUT2D eigenvalue weighted by atomic mass is 9.85. The summed E-state index contributed by atoms with van der Waals surface area (Å²) in [5.74, 6) is -0.909. The van der Waals surface area contributed by atoms with E-state index in [4.69, 9.17) is 4.74 Å². The molecule has 0 aromatic rings. The Morgan fingerprint density at radius 3 is 2.52 bits per heavy atom. The van der Waals surface area contributed by atoms with E-state index in [0.717, 1.165) is 25.7 Å². The van der Waals surface area contributed by atoms with Crippen molar-refractivity contribution in [2.75, 3.05) is 20.2 Å². The van der Waals surface area contributed by atoms with Crippen molar-refractivity contribution in [3.63, 3.8) is 0 Å². The number of fused-ring (bicyclic) bond motifs is 1. The molecule has 0 spiro atoms. The van der Waals surface area contributed by atoms with Crippen molar-refractivity contribution in [3.8, 4) is 0 Å². The summed E-state index contributed by atoms with van der Waals surface area (Å²) < 4.78 is 41.0. The average Bonchev–Trinajstić information content (AvgIpc) is 2.90. The van der Waals surface area contributed by atoms with Crippen molar-refractivity contribution in [1.82, 2.24) is 15.5 Å². The van der Waals surface area contributed by atoms with Gasteiger partial charge < -0.3 is 10.1 Å². The number of likely N-dealkylation sites (tertiary alicyclic amines) is 1. The third-order valence-corrected chi connectivity index (χ3v) is 4.72. The highest BCUT2D eigenvalue weighted by Gasteiger charge is 2.46. The predicted molar refractivity (Wildman–Crippen MR) is 80.5 cm³/mol. The first-order valence-electron chi connectivity index (χ1n) is 8.19. The number of hydrogen-bond acceptors (Lipinski definition) is 5. The molecule has 1 saturated carbocycles. The zero-order valence-corrected chi connectivity index (χ0v) is 13.9. The number of hydrogen-bond donors (Lipinski definition) is 2. The third-order valence-electron chi connectivity index (χ3n) is 4.72. The minimum atomic E-state index is -4.55. The van der Waals surface area contributed by atoms with Crippen LogP contribution in [0.4, 0.5) is 18.0 Å². The van der Waals surface area contributed by atoms with Crippen molar-refractivity contribution in [2.24, 2.45) is 5.92 Å². The molecule has 1 aliphatic heterocycles. The lowest BCUT2D eigenvalue weighted by Gasteiger charge is -2.32. The molecule has 1 aliphatic carbocycles. The van der Waals surface area contributed by atoms with E-state index >= 15 is 0 Å². The van der Waals surface area contributed by atoms with E-state index in [-0.39, 0.29) is 18.5 Å². The van der Waals surface area contributed by atoms with E-state index in [2.05, 4.69) is 0 Å². The first-order valence-corrected chi connectivity index (χ1v) is 8.19. The molecule has 2 fully saturated rings. The van der Waals surface area contributed by atoms with Crippen LogP contribution in [0.5, 0.6) is 0 Å². The number of ether oxygens (including phenoxy) is 1. The van der Waals surface area contributed by atoms with E-state index in [1.165, 1.54) is 7.11 Å². The van der Waals surface area contributed by atoms with Gasteiger partial charge in [-0.2, -0.15) is 13.2 Å². The minimum Gasteiger partial charge on any atom is -0.468 e. The Labute approximate surface area is 143 Å². The zero-order chi connectivity index (χ0) is 18.6. The van der Waals surface area contributed by atoms with Gasteiger partial charge in [0.2, 0.25) is 5.91 Å². The Bertz CT molecular complexity index is 527. The highest BCUT2D eigenvalue weighted by molar-refractivity contribution is 5.95. The topological polar surface area (TPSA) is 87.7 Å². The molecule has 0 unspecified atom stereocenters. The number of halogens is 3. The maximum absolute atomic E-state index is 12.1. The molecule has 2 rings (SSSR count). The molecular formula is C15H22F3N3O4. The summed E-state index contributed by atoms with van der Waals surface area (Å²) in [7, 11) is 1.27. The van der Waals surface area contributed by atoms with E-state index < -0.39 is 36.7 Å². The molecule has 3 atom stereocenters. The Kier molecular flexibility index (Phi) is 6.26. The summed E-state index contributed by atoms with van der Waals surface area (Å²) in [4.78, 5) is 37.1. The SMILES string of the molecule is COC(=O)[C@@H]1C[C@@H]2CCCC[C@@H]2N1CC(=O)NC(=O)NCC(F)(F)F. The predicted octanol–water partition coefficient (Wildman–Crippen LogP) is 1.18. The molecule has 0 aromatic carbocycles. The van der Waals surface area contributed by atoms with Crippen LogP contribution in [0.3, 0.4) is 0 Å². The Morgan fingerprint density at radius 1 is 1.20 bits per heavy atom. The van der Waals surface area contributed by atoms with E-state index in [1.54, 1.807) is 10.2 Å². The van der Waals surface area contributed by atoms with Crippen LogP contribution in [-0.2, 0) is 14.3 Å². The van der Waals surface area contributed by atoms with Gasteiger partial charge in [-0.15, -0.1) is 0 Å². The van der Waals surface area contributed by atoms with Gasteiger partial charge in [0.1, 0.15) is 12.6 Å². The molecule has 142 valence electrons. The second kappa shape index (κ2) is 8.03. The molecule has 3 amide bonds. The number of methoxy groups -OCH3 is 1. The number of nitrogens with one attached hydrogen (secondary N) is 2. The summed E-state index contributed by atoms with van der Waals surface area (Å²) in [6.45, 7) is -1.76. The standard InChI is InChI=1S/C15H22F3N3O4/c1-25-13(23)11-6-9-4-2-3-5-10(9)21(11)7-12(22)20-14(24)19-8-15(16,17)18/h9-11H,2-8H2,1H3,(H2,19,20,22,24)/t9-,10-,11-/m0/s1. The molecule has 7 nitrogen and oxygen atoms in total. The number of nitrogens with zero attached hydrogens (tertiary/aromatic N) is 1. The molecule has 1 saturated heterocycles. The van der Waals surface area contributed by atoms with Gasteiger partial charge in [-0.3, -0.25) is 19.8 Å². The Balaban J connectivity index is 1.94. The van der Waals surface area contributed by atoms with Crippen LogP contribution < -0.4 is 10.6 Å². The quantitative estimate of drug-likeness (QED) is 0.731. The van der Waals surface area contributed by atoms with Crippen LogP contribution in [0.25, 0.3) is 0 Å². The highest BCUT2D eigenvalue weighted by atomic mass is 19.4. The van der Waals surface area contributed by atoms with Crippen molar-refractivity contribution in [1.29, 1.82) is 0 Å². The molecule has 0 radical (unpaired) electrons. The van der Waals surface area contributed by atoms with Crippen molar-refractivity contribution in [2.45, 2.75) is 50.4 Å². The Hall–Kier alpha value is -1.84. The zero-order valence-electron chi connectivity index (χ0n) is 13.9. The molecule has 0 bridgehead atoms. The fraction of sp³-hybridized carbons (Fsp3) is 0.800. The van der Waals surface area contributed by atoms with Crippen LogP contribution in [0.2, 0.25) is 0 Å². The number of carbonyl (C=O) groups is 3. The second-order valence-electron chi connectivity index (χ2n) is 6.40. The molecule has 2 aliphatic rings. The number of esters is 1. The summed E-state index contributed by atoms with van der Waals surface area (Å²) in [6.07, 6.45) is -0.117. The Morgan fingerprint density at radius 2 is 1.88 bits per heavy atom. The molecule has 25 heavy (non-hydrogen) atoms. The normalized spacial score (nSPS) is 26.6. The van der Waals surface area contributed by atoms with Crippen LogP contribution in [0.15, 0.2) is 0 Å². The number of rotatable bonds is 4. The van der Waals surface area contributed by atoms with Crippen molar-refractivity contribution < 1.29 is 32.3 Å². The number of amides is 3. The summed E-state index contributed by atoms with van der Waals surface area (Å²) in [6, 6.07) is -1.74. The van der Waals surface area contributed by atoms with E-state index in [1.807, 2.05) is 5.32 Å². The van der Waals surface area contributed by atoms with Crippen LogP contribution >= 0.6 is 0 Å². The van der Waals surface area contributed by atoms with E-state index in [0.29, 0.717) is 6.42 Å². The van der Waals surface area contributed by atoms with Crippen molar-refractivity contribution in [3.05, 3.63) is 0 Å². The first-order chi connectivity index (χ1) is 11.7. The lowest BCUT2D eigenvalue weighted by molar-refractivity contribution is -0.146. The monoisotopic (exact) mass is 365 g/mol. The maximum Gasteiger partial charge on any atom is 0.405 e. The maximum atomic E-state index is 12.1. The number of alkyl halides is 3. The van der Waals surface area contributed by atoms with Gasteiger partial charge in [-0.05, 0) is 25.2 Å².